The molecule has 4 rings (SSSR count). The first-order chi connectivity index (χ1) is 14.0. The molecule has 1 aliphatic rings. The fourth-order valence-corrected chi connectivity index (χ4v) is 3.82. The number of benzene rings is 1. The number of aromatic nitrogens is 4. The van der Waals surface area contributed by atoms with Gasteiger partial charge in [-0.3, -0.25) is 0 Å². The Morgan fingerprint density at radius 1 is 1.10 bits per heavy atom. The number of hydrogen-bond donors (Lipinski definition) is 3. The van der Waals surface area contributed by atoms with Gasteiger partial charge in [0.15, 0.2) is 5.82 Å². The number of nitrogens with zero attached hydrogens (tertiary/aromatic N) is 4. The van der Waals surface area contributed by atoms with Crippen LogP contribution in [0.15, 0.2) is 36.7 Å². The Bertz CT molecular complexity index is 1020. The van der Waals surface area contributed by atoms with Crippen molar-refractivity contribution >= 4 is 5.82 Å². The minimum Gasteiger partial charge on any atom is -0.353 e. The number of hydrazine groups is 1. The van der Waals surface area contributed by atoms with Gasteiger partial charge in [-0.1, -0.05) is 13.0 Å². The monoisotopic (exact) mass is 399 g/mol. The zero-order chi connectivity index (χ0) is 20.5. The largest absolute Gasteiger partial charge is 0.353 e. The Morgan fingerprint density at radius 3 is 2.62 bits per heavy atom. The molecule has 3 unspecified atom stereocenters. The molecular formula is C20H23F2N7. The molecule has 29 heavy (non-hydrogen) atoms. The zero-order valence-corrected chi connectivity index (χ0v) is 16.4. The number of hydrogen-bond acceptors (Lipinski definition) is 6. The third kappa shape index (κ3) is 3.83. The predicted molar refractivity (Wildman–Crippen MR) is 105 cm³/mol. The van der Waals surface area contributed by atoms with E-state index < -0.39 is 11.6 Å². The van der Waals surface area contributed by atoms with Crippen molar-refractivity contribution in [1.29, 1.82) is 0 Å². The highest BCUT2D eigenvalue weighted by Crippen LogP contribution is 2.33. The molecule has 1 fully saturated rings. The lowest BCUT2D eigenvalue weighted by molar-refractivity contribution is 0.412. The van der Waals surface area contributed by atoms with Crippen LogP contribution in [-0.4, -0.2) is 25.9 Å². The number of nitrogens with one attached hydrogen (secondary N) is 3. The van der Waals surface area contributed by atoms with Crippen LogP contribution in [0.2, 0.25) is 0 Å². The normalized spacial score (nSPS) is 21.5. The molecule has 7 nitrogen and oxygen atoms in total. The van der Waals surface area contributed by atoms with Crippen LogP contribution >= 0.6 is 0 Å². The van der Waals surface area contributed by atoms with Crippen molar-refractivity contribution in [3.05, 3.63) is 65.2 Å². The van der Waals surface area contributed by atoms with Gasteiger partial charge in [0.25, 0.3) is 0 Å². The van der Waals surface area contributed by atoms with Gasteiger partial charge in [-0.2, -0.15) is 5.10 Å². The van der Waals surface area contributed by atoms with Crippen LogP contribution in [0.4, 0.5) is 14.6 Å². The maximum Gasteiger partial charge on any atom is 0.159 e. The molecule has 3 aromatic rings. The summed E-state index contributed by atoms with van der Waals surface area (Å²) in [4.78, 5) is 8.61. The van der Waals surface area contributed by atoms with E-state index in [4.69, 9.17) is 0 Å². The summed E-state index contributed by atoms with van der Waals surface area (Å²) in [5.41, 5.74) is 8.61. The topological polar surface area (TPSA) is 79.7 Å². The first kappa shape index (κ1) is 19.4. The summed E-state index contributed by atoms with van der Waals surface area (Å²) in [5, 5.41) is 7.80. The smallest absolute Gasteiger partial charge is 0.159 e. The van der Waals surface area contributed by atoms with Crippen molar-refractivity contribution in [2.45, 2.75) is 39.4 Å². The summed E-state index contributed by atoms with van der Waals surface area (Å²) < 4.78 is 29.3. The van der Waals surface area contributed by atoms with Crippen LogP contribution in [0.5, 0.6) is 0 Å². The van der Waals surface area contributed by atoms with Crippen molar-refractivity contribution in [3.8, 4) is 5.82 Å². The molecule has 1 aromatic carbocycles. The zero-order valence-electron chi connectivity index (χ0n) is 16.4. The highest BCUT2D eigenvalue weighted by atomic mass is 19.1. The lowest BCUT2D eigenvalue weighted by Gasteiger charge is -2.23. The number of halogens is 2. The molecule has 152 valence electrons. The molecule has 3 N–H and O–H groups in total. The van der Waals surface area contributed by atoms with Crippen molar-refractivity contribution < 1.29 is 8.78 Å². The second-order valence-corrected chi connectivity index (χ2v) is 7.23. The highest BCUT2D eigenvalue weighted by molar-refractivity contribution is 5.42. The van der Waals surface area contributed by atoms with E-state index in [1.165, 1.54) is 18.5 Å². The van der Waals surface area contributed by atoms with Crippen LogP contribution in [0, 0.1) is 31.4 Å². The number of rotatable bonds is 5. The van der Waals surface area contributed by atoms with Crippen molar-refractivity contribution in [2.24, 2.45) is 5.92 Å². The lowest BCUT2D eigenvalue weighted by Crippen LogP contribution is -2.38. The van der Waals surface area contributed by atoms with Gasteiger partial charge in [-0.25, -0.2) is 34.3 Å². The molecule has 1 aliphatic heterocycles. The molecule has 3 heterocycles. The van der Waals surface area contributed by atoms with E-state index in [1.807, 2.05) is 32.9 Å². The second-order valence-electron chi connectivity index (χ2n) is 7.23. The molecule has 3 atom stereocenters. The quantitative estimate of drug-likeness (QED) is 0.612. The maximum atomic E-state index is 14.3. The first-order valence-electron chi connectivity index (χ1n) is 9.54. The second kappa shape index (κ2) is 7.84. The molecule has 1 saturated heterocycles. The molecule has 0 aliphatic carbocycles. The minimum atomic E-state index is -0.586. The van der Waals surface area contributed by atoms with Crippen molar-refractivity contribution in [2.75, 3.05) is 5.32 Å². The molecular weight excluding hydrogens is 376 g/mol. The van der Waals surface area contributed by atoms with E-state index in [0.29, 0.717) is 17.2 Å². The molecule has 0 amide bonds. The summed E-state index contributed by atoms with van der Waals surface area (Å²) in [6, 6.07) is 7.18. The average molecular weight is 399 g/mol. The van der Waals surface area contributed by atoms with Crippen molar-refractivity contribution in [3.63, 3.8) is 0 Å². The van der Waals surface area contributed by atoms with E-state index in [0.717, 1.165) is 23.9 Å². The van der Waals surface area contributed by atoms with E-state index in [-0.39, 0.29) is 18.1 Å². The first-order valence-corrected chi connectivity index (χ1v) is 9.54. The molecule has 2 aromatic heterocycles. The van der Waals surface area contributed by atoms with E-state index in [9.17, 15) is 8.78 Å². The minimum absolute atomic E-state index is 0.0158. The Kier molecular flexibility index (Phi) is 5.25. The van der Waals surface area contributed by atoms with Crippen molar-refractivity contribution in [1.82, 2.24) is 30.6 Å². The van der Waals surface area contributed by atoms with Gasteiger partial charge in [0, 0.05) is 29.3 Å². The summed E-state index contributed by atoms with van der Waals surface area (Å²) in [5.74, 6) is 0.158. The number of anilines is 1. The summed E-state index contributed by atoms with van der Waals surface area (Å²) in [6.07, 6.45) is 2.06. The molecule has 0 bridgehead atoms. The predicted octanol–water partition coefficient (Wildman–Crippen LogP) is 3.17. The molecule has 9 heteroatoms. The maximum absolute atomic E-state index is 14.3. The third-order valence-electron chi connectivity index (χ3n) is 5.20. The Balaban J connectivity index is 1.55. The third-order valence-corrected chi connectivity index (χ3v) is 5.20. The fourth-order valence-electron chi connectivity index (χ4n) is 3.82. The van der Waals surface area contributed by atoms with Gasteiger partial charge in [0.2, 0.25) is 0 Å². The Labute approximate surface area is 167 Å². The van der Waals surface area contributed by atoms with Crippen LogP contribution in [0.25, 0.3) is 5.82 Å². The van der Waals surface area contributed by atoms with Crippen LogP contribution in [-0.2, 0) is 0 Å². The summed E-state index contributed by atoms with van der Waals surface area (Å²) in [6.45, 7) is 5.93. The summed E-state index contributed by atoms with van der Waals surface area (Å²) in [7, 11) is 0. The van der Waals surface area contributed by atoms with Gasteiger partial charge in [0.1, 0.15) is 23.8 Å². The van der Waals surface area contributed by atoms with Gasteiger partial charge >= 0.3 is 0 Å². The van der Waals surface area contributed by atoms with Gasteiger partial charge < -0.3 is 5.32 Å². The van der Waals surface area contributed by atoms with Gasteiger partial charge in [0.05, 0.1) is 17.9 Å². The van der Waals surface area contributed by atoms with E-state index in [1.54, 1.807) is 4.68 Å². The van der Waals surface area contributed by atoms with Gasteiger partial charge in [-0.15, -0.1) is 0 Å². The van der Waals surface area contributed by atoms with E-state index in [2.05, 4.69) is 31.2 Å². The van der Waals surface area contributed by atoms with Crippen LogP contribution in [0.3, 0.4) is 0 Å². The Hall–Kier alpha value is -2.91. The van der Waals surface area contributed by atoms with Crippen LogP contribution in [0.1, 0.15) is 36.3 Å². The summed E-state index contributed by atoms with van der Waals surface area (Å²) >= 11 is 0. The van der Waals surface area contributed by atoms with Gasteiger partial charge in [-0.05, 0) is 32.4 Å². The average Bonchev–Trinajstić information content (AvgIpc) is 3.24. The molecule has 0 radical (unpaired) electrons. The number of aryl methyl sites for hydroxylation is 2. The Morgan fingerprint density at radius 2 is 1.93 bits per heavy atom. The highest BCUT2D eigenvalue weighted by Gasteiger charge is 2.37. The molecule has 0 saturated carbocycles. The van der Waals surface area contributed by atoms with E-state index >= 15 is 0 Å². The lowest BCUT2D eigenvalue weighted by atomic mass is 9.90. The van der Waals surface area contributed by atoms with Crippen LogP contribution < -0.4 is 16.2 Å². The SMILES string of the molecule is CCC1C(Nc2cc(-n3nc(C)cc3C)ncn2)NNC1c1ccc(F)cc1F. The fraction of sp³-hybridized carbons (Fsp3) is 0.350. The standard InChI is InChI=1S/C20H23F2N7/c1-4-14-19(15-6-5-13(21)8-16(15)22)26-27-20(14)25-17-9-18(24-10-23-17)29-12(3)7-11(2)28-29/h5-10,14,19-20,26-27H,4H2,1-3H3,(H,23,24,25). The molecule has 0 spiro atoms.